The van der Waals surface area contributed by atoms with E-state index in [1.807, 2.05) is 39.0 Å². The molecule has 1 aliphatic rings. The Bertz CT molecular complexity index is 988. The van der Waals surface area contributed by atoms with Gasteiger partial charge in [0.05, 0.1) is 23.3 Å². The molecular formula is C22H22N2O4. The summed E-state index contributed by atoms with van der Waals surface area (Å²) >= 11 is 0. The molecule has 0 atom stereocenters. The van der Waals surface area contributed by atoms with E-state index in [1.54, 1.807) is 30.2 Å². The fraction of sp³-hybridized carbons (Fsp3) is 0.227. The standard InChI is InChI=1S/C22H22N2O4/c1-15-14-22(2,3)23(20-11-10-18(28-4)13-19(15)20)21(25)12-7-16-5-8-17(9-6-16)24(26)27/h5-14H,1-4H3/b12-7+. The molecule has 3 rings (SSSR count). The lowest BCUT2D eigenvalue weighted by Crippen LogP contribution is -2.48. The summed E-state index contributed by atoms with van der Waals surface area (Å²) in [5.74, 6) is 0.568. The van der Waals surface area contributed by atoms with E-state index in [-0.39, 0.29) is 11.6 Å². The highest BCUT2D eigenvalue weighted by molar-refractivity contribution is 6.08. The minimum atomic E-state index is -0.497. The molecule has 2 aromatic carbocycles. The van der Waals surface area contributed by atoms with Crippen LogP contribution in [0, 0.1) is 10.1 Å². The van der Waals surface area contributed by atoms with Crippen molar-refractivity contribution in [3.05, 3.63) is 75.9 Å². The van der Waals surface area contributed by atoms with Gasteiger partial charge < -0.3 is 4.74 Å². The Morgan fingerprint density at radius 1 is 1.18 bits per heavy atom. The van der Waals surface area contributed by atoms with Crippen LogP contribution in [0.2, 0.25) is 0 Å². The normalized spacial score (nSPS) is 15.1. The highest BCUT2D eigenvalue weighted by Crippen LogP contribution is 2.40. The van der Waals surface area contributed by atoms with Crippen molar-refractivity contribution in [2.75, 3.05) is 12.0 Å². The molecule has 6 heteroatoms. The first-order valence-corrected chi connectivity index (χ1v) is 8.87. The number of allylic oxidation sites excluding steroid dienone is 1. The topological polar surface area (TPSA) is 72.7 Å². The van der Waals surface area contributed by atoms with Gasteiger partial charge in [0.1, 0.15) is 5.75 Å². The second-order valence-electron chi connectivity index (χ2n) is 7.22. The Morgan fingerprint density at radius 3 is 2.46 bits per heavy atom. The van der Waals surface area contributed by atoms with E-state index in [9.17, 15) is 14.9 Å². The van der Waals surface area contributed by atoms with Crippen molar-refractivity contribution >= 4 is 28.9 Å². The van der Waals surface area contributed by atoms with Gasteiger partial charge in [0.2, 0.25) is 0 Å². The number of carbonyl (C=O) groups is 1. The first-order valence-electron chi connectivity index (χ1n) is 8.87. The number of nitrogens with zero attached hydrogens (tertiary/aromatic N) is 2. The molecular weight excluding hydrogens is 356 g/mol. The minimum Gasteiger partial charge on any atom is -0.497 e. The van der Waals surface area contributed by atoms with Crippen LogP contribution in [0.1, 0.15) is 31.9 Å². The molecule has 28 heavy (non-hydrogen) atoms. The molecule has 0 fully saturated rings. The van der Waals surface area contributed by atoms with Crippen LogP contribution in [0.5, 0.6) is 5.75 Å². The van der Waals surface area contributed by atoms with Gasteiger partial charge in [-0.05, 0) is 68.3 Å². The molecule has 0 unspecified atom stereocenters. The molecule has 2 aromatic rings. The van der Waals surface area contributed by atoms with Crippen LogP contribution >= 0.6 is 0 Å². The van der Waals surface area contributed by atoms with Gasteiger partial charge in [0, 0.05) is 23.8 Å². The third-order valence-corrected chi connectivity index (χ3v) is 4.76. The average molecular weight is 378 g/mol. The Kier molecular flexibility index (Phi) is 5.05. The fourth-order valence-electron chi connectivity index (χ4n) is 3.49. The summed E-state index contributed by atoms with van der Waals surface area (Å²) < 4.78 is 5.32. The molecule has 1 aliphatic heterocycles. The second-order valence-corrected chi connectivity index (χ2v) is 7.22. The number of ether oxygens (including phenoxy) is 1. The van der Waals surface area contributed by atoms with Crippen LogP contribution in [-0.2, 0) is 4.79 Å². The van der Waals surface area contributed by atoms with Gasteiger partial charge in [0.25, 0.3) is 11.6 Å². The Labute approximate surface area is 163 Å². The maximum atomic E-state index is 13.1. The van der Waals surface area contributed by atoms with E-state index >= 15 is 0 Å². The lowest BCUT2D eigenvalue weighted by molar-refractivity contribution is -0.384. The average Bonchev–Trinajstić information content (AvgIpc) is 2.65. The Hall–Kier alpha value is -3.41. The van der Waals surface area contributed by atoms with E-state index < -0.39 is 10.5 Å². The van der Waals surface area contributed by atoms with E-state index in [1.165, 1.54) is 18.2 Å². The predicted octanol–water partition coefficient (Wildman–Crippen LogP) is 4.85. The Morgan fingerprint density at radius 2 is 1.86 bits per heavy atom. The predicted molar refractivity (Wildman–Crippen MR) is 110 cm³/mol. The van der Waals surface area contributed by atoms with Crippen LogP contribution in [0.15, 0.2) is 54.6 Å². The number of methoxy groups -OCH3 is 1. The summed E-state index contributed by atoms with van der Waals surface area (Å²) in [6, 6.07) is 11.7. The van der Waals surface area contributed by atoms with Crippen LogP contribution in [0.4, 0.5) is 11.4 Å². The SMILES string of the molecule is COc1ccc2c(c1)C(C)=CC(C)(C)N2C(=O)/C=C/c1ccc([N+](=O)[O-])cc1. The highest BCUT2D eigenvalue weighted by Gasteiger charge is 2.34. The molecule has 0 spiro atoms. The molecule has 1 amide bonds. The van der Waals surface area contributed by atoms with Gasteiger partial charge in [-0.25, -0.2) is 0 Å². The van der Waals surface area contributed by atoms with Gasteiger partial charge in [0.15, 0.2) is 0 Å². The molecule has 0 N–H and O–H groups in total. The van der Waals surface area contributed by atoms with Crippen LogP contribution < -0.4 is 9.64 Å². The molecule has 0 saturated carbocycles. The van der Waals surface area contributed by atoms with E-state index in [0.29, 0.717) is 0 Å². The molecule has 1 heterocycles. The maximum absolute atomic E-state index is 13.1. The van der Waals surface area contributed by atoms with Gasteiger partial charge in [-0.1, -0.05) is 6.08 Å². The number of fused-ring (bicyclic) bond motifs is 1. The molecule has 144 valence electrons. The maximum Gasteiger partial charge on any atom is 0.269 e. The summed E-state index contributed by atoms with van der Waals surface area (Å²) in [6.07, 6.45) is 5.22. The van der Waals surface area contributed by atoms with Crippen molar-refractivity contribution in [2.24, 2.45) is 0 Å². The largest absolute Gasteiger partial charge is 0.497 e. The zero-order chi connectivity index (χ0) is 20.5. The first kappa shape index (κ1) is 19.4. The summed E-state index contributed by atoms with van der Waals surface area (Å²) in [5, 5.41) is 10.8. The van der Waals surface area contributed by atoms with Crippen molar-refractivity contribution in [1.29, 1.82) is 0 Å². The van der Waals surface area contributed by atoms with Crippen molar-refractivity contribution in [3.63, 3.8) is 0 Å². The number of nitro benzene ring substituents is 1. The van der Waals surface area contributed by atoms with Gasteiger partial charge >= 0.3 is 0 Å². The molecule has 0 aliphatic carbocycles. The third-order valence-electron chi connectivity index (χ3n) is 4.76. The number of carbonyl (C=O) groups excluding carboxylic acids is 1. The number of amides is 1. The summed E-state index contributed by atoms with van der Waals surface area (Å²) in [6.45, 7) is 6.00. The molecule has 0 radical (unpaired) electrons. The van der Waals surface area contributed by atoms with E-state index in [2.05, 4.69) is 6.08 Å². The van der Waals surface area contributed by atoms with Crippen LogP contribution in [-0.4, -0.2) is 23.5 Å². The van der Waals surface area contributed by atoms with Crippen LogP contribution in [0.25, 0.3) is 11.6 Å². The smallest absolute Gasteiger partial charge is 0.269 e. The monoisotopic (exact) mass is 378 g/mol. The number of rotatable bonds is 4. The molecule has 6 nitrogen and oxygen atoms in total. The summed E-state index contributed by atoms with van der Waals surface area (Å²) in [5.41, 5.74) is 3.10. The minimum absolute atomic E-state index is 0.0177. The Balaban J connectivity index is 1.93. The highest BCUT2D eigenvalue weighted by atomic mass is 16.6. The number of anilines is 1. The number of hydrogen-bond acceptors (Lipinski definition) is 4. The molecule has 0 aromatic heterocycles. The number of benzene rings is 2. The second kappa shape index (κ2) is 7.31. The third kappa shape index (κ3) is 3.67. The summed E-state index contributed by atoms with van der Waals surface area (Å²) in [4.78, 5) is 25.1. The van der Waals surface area contributed by atoms with Crippen molar-refractivity contribution in [3.8, 4) is 5.75 Å². The zero-order valence-corrected chi connectivity index (χ0v) is 16.3. The van der Waals surface area contributed by atoms with Gasteiger partial charge in [-0.2, -0.15) is 0 Å². The van der Waals surface area contributed by atoms with E-state index in [4.69, 9.17) is 4.74 Å². The summed E-state index contributed by atoms with van der Waals surface area (Å²) in [7, 11) is 1.61. The molecule has 0 bridgehead atoms. The number of nitro groups is 1. The van der Waals surface area contributed by atoms with Crippen molar-refractivity contribution in [1.82, 2.24) is 0 Å². The van der Waals surface area contributed by atoms with E-state index in [0.717, 1.165) is 28.1 Å². The van der Waals surface area contributed by atoms with Crippen molar-refractivity contribution < 1.29 is 14.5 Å². The van der Waals surface area contributed by atoms with Crippen LogP contribution in [0.3, 0.4) is 0 Å². The lowest BCUT2D eigenvalue weighted by Gasteiger charge is -2.41. The number of hydrogen-bond donors (Lipinski definition) is 0. The lowest BCUT2D eigenvalue weighted by atomic mass is 9.88. The number of non-ortho nitro benzene ring substituents is 1. The zero-order valence-electron chi connectivity index (χ0n) is 16.3. The van der Waals surface area contributed by atoms with Gasteiger partial charge in [-0.3, -0.25) is 19.8 Å². The molecule has 0 saturated heterocycles. The fourth-order valence-corrected chi connectivity index (χ4v) is 3.49. The first-order chi connectivity index (χ1) is 13.2. The van der Waals surface area contributed by atoms with Crippen molar-refractivity contribution in [2.45, 2.75) is 26.3 Å². The quantitative estimate of drug-likeness (QED) is 0.433. The van der Waals surface area contributed by atoms with Gasteiger partial charge in [-0.15, -0.1) is 0 Å².